The topological polar surface area (TPSA) is 35.2 Å². The zero-order valence-electron chi connectivity index (χ0n) is 12.8. The first kappa shape index (κ1) is 14.4. The lowest BCUT2D eigenvalue weighted by molar-refractivity contribution is 0.303. The van der Waals surface area contributed by atoms with Crippen molar-refractivity contribution in [2.45, 2.75) is 44.6 Å². The van der Waals surface area contributed by atoms with Crippen LogP contribution in [-0.2, 0) is 6.42 Å². The molecule has 0 bridgehead atoms. The van der Waals surface area contributed by atoms with Gasteiger partial charge >= 0.3 is 0 Å². The Kier molecular flexibility index (Phi) is 4.45. The Morgan fingerprint density at radius 2 is 1.95 bits per heavy atom. The number of hydrogen-bond donors (Lipinski definition) is 1. The van der Waals surface area contributed by atoms with Gasteiger partial charge in [0.25, 0.3) is 0 Å². The molecule has 112 valence electrons. The van der Waals surface area contributed by atoms with Crippen LogP contribution in [0.5, 0.6) is 5.75 Å². The van der Waals surface area contributed by atoms with Crippen LogP contribution < -0.4 is 10.5 Å². The summed E-state index contributed by atoms with van der Waals surface area (Å²) in [5.74, 6) is 1.61. The summed E-state index contributed by atoms with van der Waals surface area (Å²) in [5, 5.41) is 2.55. The molecule has 2 heteroatoms. The Morgan fingerprint density at radius 3 is 2.71 bits per heavy atom. The van der Waals surface area contributed by atoms with Gasteiger partial charge in [0.15, 0.2) is 0 Å². The second-order valence-corrected chi connectivity index (χ2v) is 6.27. The first-order chi connectivity index (χ1) is 10.3. The molecule has 21 heavy (non-hydrogen) atoms. The summed E-state index contributed by atoms with van der Waals surface area (Å²) in [5.41, 5.74) is 7.86. The van der Waals surface area contributed by atoms with Crippen molar-refractivity contribution in [2.75, 3.05) is 7.11 Å². The molecule has 1 aliphatic rings. The van der Waals surface area contributed by atoms with Crippen molar-refractivity contribution < 1.29 is 4.74 Å². The highest BCUT2D eigenvalue weighted by Crippen LogP contribution is 2.29. The molecule has 0 amide bonds. The minimum absolute atomic E-state index is 0.280. The van der Waals surface area contributed by atoms with E-state index in [1.165, 1.54) is 48.4 Å². The normalized spacial score (nSPS) is 17.8. The Morgan fingerprint density at radius 1 is 1.14 bits per heavy atom. The molecule has 3 rings (SSSR count). The summed E-state index contributed by atoms with van der Waals surface area (Å²) in [4.78, 5) is 0. The van der Waals surface area contributed by atoms with Crippen molar-refractivity contribution in [2.24, 2.45) is 11.7 Å². The quantitative estimate of drug-likeness (QED) is 0.908. The summed E-state index contributed by atoms with van der Waals surface area (Å²) < 4.78 is 5.37. The molecule has 1 saturated carbocycles. The lowest BCUT2D eigenvalue weighted by atomic mass is 9.81. The Bertz CT molecular complexity index is 602. The van der Waals surface area contributed by atoms with Crippen molar-refractivity contribution in [3.05, 3.63) is 42.0 Å². The minimum Gasteiger partial charge on any atom is -0.497 e. The number of fused-ring (bicyclic) bond motifs is 1. The number of nitrogens with two attached hydrogens (primary N) is 1. The zero-order valence-corrected chi connectivity index (χ0v) is 12.8. The van der Waals surface area contributed by atoms with Crippen molar-refractivity contribution in [3.8, 4) is 5.75 Å². The third kappa shape index (κ3) is 3.21. The van der Waals surface area contributed by atoms with Gasteiger partial charge in [-0.3, -0.25) is 0 Å². The summed E-state index contributed by atoms with van der Waals surface area (Å²) in [6.45, 7) is 0. The molecule has 0 radical (unpaired) electrons. The van der Waals surface area contributed by atoms with E-state index in [-0.39, 0.29) is 6.04 Å². The van der Waals surface area contributed by atoms with Crippen LogP contribution in [0.25, 0.3) is 10.8 Å². The molecule has 0 aliphatic heterocycles. The van der Waals surface area contributed by atoms with Crippen LogP contribution in [0, 0.1) is 5.92 Å². The first-order valence-corrected chi connectivity index (χ1v) is 8.09. The second kappa shape index (κ2) is 6.48. The molecule has 1 aliphatic carbocycles. The summed E-state index contributed by atoms with van der Waals surface area (Å²) in [7, 11) is 1.72. The number of rotatable bonds is 4. The summed E-state index contributed by atoms with van der Waals surface area (Å²) in [6, 6.07) is 13.1. The highest BCUT2D eigenvalue weighted by Gasteiger charge is 2.21. The molecule has 2 nitrogen and oxygen atoms in total. The molecular weight excluding hydrogens is 258 g/mol. The van der Waals surface area contributed by atoms with Gasteiger partial charge in [-0.25, -0.2) is 0 Å². The van der Waals surface area contributed by atoms with E-state index in [1.54, 1.807) is 7.11 Å². The smallest absolute Gasteiger partial charge is 0.119 e. The molecule has 0 aromatic heterocycles. The average Bonchev–Trinajstić information content (AvgIpc) is 2.55. The molecule has 1 fully saturated rings. The molecule has 0 saturated heterocycles. The third-order valence-electron chi connectivity index (χ3n) is 4.89. The number of benzene rings is 2. The fraction of sp³-hybridized carbons (Fsp3) is 0.474. The third-order valence-corrected chi connectivity index (χ3v) is 4.89. The van der Waals surface area contributed by atoms with Crippen LogP contribution in [0.3, 0.4) is 0 Å². The Balaban J connectivity index is 1.85. The van der Waals surface area contributed by atoms with Gasteiger partial charge in [0, 0.05) is 6.04 Å². The van der Waals surface area contributed by atoms with Crippen LogP contribution in [-0.4, -0.2) is 13.2 Å². The van der Waals surface area contributed by atoms with Gasteiger partial charge in [-0.05, 0) is 53.6 Å². The maximum Gasteiger partial charge on any atom is 0.119 e. The molecule has 2 aromatic carbocycles. The Hall–Kier alpha value is -1.54. The van der Waals surface area contributed by atoms with E-state index in [4.69, 9.17) is 10.5 Å². The van der Waals surface area contributed by atoms with E-state index in [0.29, 0.717) is 5.92 Å². The molecule has 1 atom stereocenters. The molecule has 0 heterocycles. The first-order valence-electron chi connectivity index (χ1n) is 8.09. The average molecular weight is 283 g/mol. The van der Waals surface area contributed by atoms with Crippen LogP contribution >= 0.6 is 0 Å². The van der Waals surface area contributed by atoms with Gasteiger partial charge < -0.3 is 10.5 Å². The minimum atomic E-state index is 0.280. The predicted octanol–water partition coefficient (Wildman–Crippen LogP) is 4.30. The van der Waals surface area contributed by atoms with E-state index in [9.17, 15) is 0 Å². The highest BCUT2D eigenvalue weighted by atomic mass is 16.5. The molecule has 1 unspecified atom stereocenters. The number of methoxy groups -OCH3 is 1. The zero-order chi connectivity index (χ0) is 14.7. The van der Waals surface area contributed by atoms with Crippen molar-refractivity contribution >= 4 is 10.8 Å². The standard InChI is InChI=1S/C19H25NO/c1-21-17-11-10-14-8-5-9-16(18(14)13-17)12-19(20)15-6-3-2-4-7-15/h5,8-11,13,15,19H,2-4,6-7,12,20H2,1H3. The fourth-order valence-electron chi connectivity index (χ4n) is 3.60. The molecule has 2 aromatic rings. The largest absolute Gasteiger partial charge is 0.497 e. The molecule has 2 N–H and O–H groups in total. The molecular formula is C19H25NO. The van der Waals surface area contributed by atoms with Gasteiger partial charge in [-0.1, -0.05) is 43.5 Å². The van der Waals surface area contributed by atoms with Gasteiger partial charge in [-0.15, -0.1) is 0 Å². The van der Waals surface area contributed by atoms with Crippen LogP contribution in [0.1, 0.15) is 37.7 Å². The maximum atomic E-state index is 6.51. The van der Waals surface area contributed by atoms with E-state index >= 15 is 0 Å². The van der Waals surface area contributed by atoms with E-state index in [2.05, 4.69) is 30.3 Å². The summed E-state index contributed by atoms with van der Waals surface area (Å²) in [6.07, 6.45) is 7.65. The van der Waals surface area contributed by atoms with Crippen LogP contribution in [0.2, 0.25) is 0 Å². The van der Waals surface area contributed by atoms with Gasteiger partial charge in [0.05, 0.1) is 7.11 Å². The van der Waals surface area contributed by atoms with E-state index in [0.717, 1.165) is 12.2 Å². The van der Waals surface area contributed by atoms with Gasteiger partial charge in [0.1, 0.15) is 5.75 Å². The summed E-state index contributed by atoms with van der Waals surface area (Å²) >= 11 is 0. The Labute approximate surface area is 127 Å². The highest BCUT2D eigenvalue weighted by molar-refractivity contribution is 5.87. The van der Waals surface area contributed by atoms with Gasteiger partial charge in [0.2, 0.25) is 0 Å². The SMILES string of the molecule is COc1ccc2cccc(CC(N)C3CCCCC3)c2c1. The van der Waals surface area contributed by atoms with Crippen molar-refractivity contribution in [1.29, 1.82) is 0 Å². The predicted molar refractivity (Wildman–Crippen MR) is 88.8 cm³/mol. The lowest BCUT2D eigenvalue weighted by Crippen LogP contribution is -2.33. The lowest BCUT2D eigenvalue weighted by Gasteiger charge is -2.27. The van der Waals surface area contributed by atoms with Gasteiger partial charge in [-0.2, -0.15) is 0 Å². The van der Waals surface area contributed by atoms with E-state index in [1.807, 2.05) is 6.07 Å². The number of ether oxygens (including phenoxy) is 1. The monoisotopic (exact) mass is 283 g/mol. The van der Waals surface area contributed by atoms with E-state index < -0.39 is 0 Å². The van der Waals surface area contributed by atoms with Crippen LogP contribution in [0.4, 0.5) is 0 Å². The fourth-order valence-corrected chi connectivity index (χ4v) is 3.60. The van der Waals surface area contributed by atoms with Crippen molar-refractivity contribution in [1.82, 2.24) is 0 Å². The van der Waals surface area contributed by atoms with Crippen molar-refractivity contribution in [3.63, 3.8) is 0 Å². The van der Waals surface area contributed by atoms with Crippen LogP contribution in [0.15, 0.2) is 36.4 Å². The number of hydrogen-bond acceptors (Lipinski definition) is 2. The molecule has 0 spiro atoms. The second-order valence-electron chi connectivity index (χ2n) is 6.27. The maximum absolute atomic E-state index is 6.51.